The molecule has 0 radical (unpaired) electrons. The van der Waals surface area contributed by atoms with Crippen molar-refractivity contribution >= 4 is 28.2 Å². The molecule has 3 fully saturated rings. The van der Waals surface area contributed by atoms with Gasteiger partial charge in [-0.2, -0.15) is 5.26 Å². The first-order valence-electron chi connectivity index (χ1n) is 7.28. The summed E-state index contributed by atoms with van der Waals surface area (Å²) in [4.78, 5) is 27.5. The molecule has 8 heteroatoms. The predicted molar refractivity (Wildman–Crippen MR) is 80.7 cm³/mol. The van der Waals surface area contributed by atoms with Gasteiger partial charge in [-0.25, -0.2) is 4.90 Å². The first kappa shape index (κ1) is 14.5. The van der Waals surface area contributed by atoms with Crippen LogP contribution in [0.4, 0.5) is 5.00 Å². The van der Waals surface area contributed by atoms with Crippen molar-refractivity contribution in [1.29, 1.82) is 5.26 Å². The highest BCUT2D eigenvalue weighted by Gasteiger charge is 2.80. The summed E-state index contributed by atoms with van der Waals surface area (Å²) in [5.41, 5.74) is 6.30. The third kappa shape index (κ3) is 1.38. The molecule has 0 N–H and O–H groups in total. The van der Waals surface area contributed by atoms with Crippen LogP contribution in [0.5, 0.6) is 0 Å². The smallest absolute Gasteiger partial charge is 0.264 e. The summed E-state index contributed by atoms with van der Waals surface area (Å²) in [6, 6.07) is 5.12. The predicted octanol–water partition coefficient (Wildman–Crippen LogP) is 2.21. The largest absolute Gasteiger partial charge is 0.711 e. The van der Waals surface area contributed by atoms with Crippen LogP contribution < -0.4 is 4.90 Å². The molecule has 3 unspecified atom stereocenters. The number of imide groups is 1. The van der Waals surface area contributed by atoms with Gasteiger partial charge in [0.15, 0.2) is 5.54 Å². The second-order valence-electron chi connectivity index (χ2n) is 6.67. The monoisotopic (exact) mass is 329 g/mol. The highest BCUT2D eigenvalue weighted by atomic mass is 32.1. The second kappa shape index (κ2) is 4.04. The Hall–Kier alpha value is -2.11. The molecule has 3 aliphatic rings. The van der Waals surface area contributed by atoms with Gasteiger partial charge in [-0.15, -0.1) is 11.3 Å². The van der Waals surface area contributed by atoms with Gasteiger partial charge in [-0.3, -0.25) is 9.59 Å². The zero-order valence-corrected chi connectivity index (χ0v) is 13.4. The molecule has 2 amide bonds. The molecule has 0 spiro atoms. The highest BCUT2D eigenvalue weighted by Crippen LogP contribution is 2.64. The molecule has 3 aliphatic heterocycles. The standard InChI is InChI=1S/C15H13N4O3S/c1-13-5-6-14(2,22-13)15(18-17)10(13)11(20)19(12(15)21)9-4-3-8(7-16)23-9/h3-4,10H,5-6H2,1-2H3/q-1/t10?,13?,14?,15-/m0/s1. The number of fused-ring (bicyclic) bond motifs is 5. The fourth-order valence-electron chi connectivity index (χ4n) is 4.43. The molecule has 0 aliphatic carbocycles. The molecule has 0 saturated carbocycles. The SMILES string of the molecule is CC12CCC(C)(O1)[C@@]1(N=[N-])C(=O)N(c3ccc(C#N)s3)C(=O)C21. The van der Waals surface area contributed by atoms with Crippen molar-refractivity contribution in [3.63, 3.8) is 0 Å². The van der Waals surface area contributed by atoms with Gasteiger partial charge in [0.1, 0.15) is 21.9 Å². The van der Waals surface area contributed by atoms with Gasteiger partial charge < -0.3 is 15.4 Å². The maximum atomic E-state index is 13.1. The second-order valence-corrected chi connectivity index (χ2v) is 7.74. The van der Waals surface area contributed by atoms with Crippen molar-refractivity contribution in [2.24, 2.45) is 11.0 Å². The van der Waals surface area contributed by atoms with E-state index in [1.54, 1.807) is 26.0 Å². The van der Waals surface area contributed by atoms with Crippen LogP contribution in [0.25, 0.3) is 5.53 Å². The van der Waals surface area contributed by atoms with E-state index < -0.39 is 34.5 Å². The lowest BCUT2D eigenvalue weighted by atomic mass is 9.64. The fraction of sp³-hybridized carbons (Fsp3) is 0.533. The van der Waals surface area contributed by atoms with Crippen molar-refractivity contribution in [2.75, 3.05) is 4.90 Å². The number of rotatable bonds is 2. The molecule has 23 heavy (non-hydrogen) atoms. The molecule has 4 heterocycles. The number of nitrogens with zero attached hydrogens (tertiary/aromatic N) is 4. The number of ether oxygens (including phenoxy) is 1. The Morgan fingerprint density at radius 1 is 1.43 bits per heavy atom. The van der Waals surface area contributed by atoms with Crippen molar-refractivity contribution in [1.82, 2.24) is 0 Å². The average molecular weight is 329 g/mol. The summed E-state index contributed by atoms with van der Waals surface area (Å²) in [5, 5.41) is 12.7. The molecular weight excluding hydrogens is 316 g/mol. The molecule has 2 bridgehead atoms. The van der Waals surface area contributed by atoms with E-state index in [0.717, 1.165) is 16.2 Å². The van der Waals surface area contributed by atoms with E-state index >= 15 is 0 Å². The summed E-state index contributed by atoms with van der Waals surface area (Å²) in [5.74, 6) is -1.85. The van der Waals surface area contributed by atoms with Crippen molar-refractivity contribution < 1.29 is 14.3 Å². The lowest BCUT2D eigenvalue weighted by Crippen LogP contribution is -2.57. The lowest BCUT2D eigenvalue weighted by molar-refractivity contribution is -0.130. The molecule has 4 atom stereocenters. The van der Waals surface area contributed by atoms with Crippen LogP contribution in [0, 0.1) is 17.2 Å². The quantitative estimate of drug-likeness (QED) is 0.612. The van der Waals surface area contributed by atoms with Crippen LogP contribution in [-0.2, 0) is 14.3 Å². The van der Waals surface area contributed by atoms with Gasteiger partial charge in [0.2, 0.25) is 5.91 Å². The topological polar surface area (TPSA) is 105 Å². The van der Waals surface area contributed by atoms with Crippen molar-refractivity contribution in [3.05, 3.63) is 22.5 Å². The normalized spacial score (nSPS) is 41.3. The summed E-state index contributed by atoms with van der Waals surface area (Å²) >= 11 is 1.07. The minimum absolute atomic E-state index is 0.376. The van der Waals surface area contributed by atoms with E-state index in [4.69, 9.17) is 10.00 Å². The fourth-order valence-corrected chi connectivity index (χ4v) is 5.24. The summed E-state index contributed by atoms with van der Waals surface area (Å²) in [6.45, 7) is 3.52. The Bertz CT molecular complexity index is 814. The van der Waals surface area contributed by atoms with E-state index in [2.05, 4.69) is 5.11 Å². The Labute approximate surface area is 136 Å². The third-order valence-electron chi connectivity index (χ3n) is 5.47. The van der Waals surface area contributed by atoms with Gasteiger partial charge in [-0.05, 0) is 38.8 Å². The highest BCUT2D eigenvalue weighted by molar-refractivity contribution is 7.17. The lowest BCUT2D eigenvalue weighted by Gasteiger charge is -2.39. The number of hydrogen-bond donors (Lipinski definition) is 0. The number of hydrogen-bond acceptors (Lipinski definition) is 6. The van der Waals surface area contributed by atoms with Crippen LogP contribution in [0.3, 0.4) is 0 Å². The van der Waals surface area contributed by atoms with Gasteiger partial charge in [0.05, 0.1) is 11.2 Å². The maximum absolute atomic E-state index is 13.1. The van der Waals surface area contributed by atoms with Crippen LogP contribution in [0.2, 0.25) is 0 Å². The third-order valence-corrected chi connectivity index (χ3v) is 6.44. The molecule has 3 saturated heterocycles. The van der Waals surface area contributed by atoms with Crippen molar-refractivity contribution in [2.45, 2.75) is 43.4 Å². The van der Waals surface area contributed by atoms with E-state index in [9.17, 15) is 15.1 Å². The Kier molecular flexibility index (Phi) is 2.55. The van der Waals surface area contributed by atoms with E-state index in [-0.39, 0.29) is 0 Å². The number of carbonyl (C=O) groups excluding carboxylic acids is 2. The van der Waals surface area contributed by atoms with Gasteiger partial charge in [0.25, 0.3) is 5.91 Å². The van der Waals surface area contributed by atoms with Crippen LogP contribution in [0.1, 0.15) is 31.6 Å². The number of anilines is 1. The van der Waals surface area contributed by atoms with E-state index in [1.165, 1.54) is 0 Å². The molecule has 0 aromatic carbocycles. The number of thiophene rings is 1. The van der Waals surface area contributed by atoms with Crippen molar-refractivity contribution in [3.8, 4) is 6.07 Å². The Balaban J connectivity index is 1.90. The molecule has 4 rings (SSSR count). The zero-order valence-electron chi connectivity index (χ0n) is 12.6. The van der Waals surface area contributed by atoms with Gasteiger partial charge in [-0.1, -0.05) is 0 Å². The Morgan fingerprint density at radius 2 is 2.17 bits per heavy atom. The maximum Gasteiger partial charge on any atom is 0.264 e. The minimum Gasteiger partial charge on any atom is -0.711 e. The van der Waals surface area contributed by atoms with Crippen LogP contribution >= 0.6 is 11.3 Å². The summed E-state index contributed by atoms with van der Waals surface area (Å²) in [6.07, 6.45) is 1.18. The number of amides is 2. The van der Waals surface area contributed by atoms with Crippen LogP contribution in [0.15, 0.2) is 17.2 Å². The summed E-state index contributed by atoms with van der Waals surface area (Å²) in [7, 11) is 0. The van der Waals surface area contributed by atoms with Gasteiger partial charge >= 0.3 is 0 Å². The molecule has 118 valence electrons. The first-order valence-corrected chi connectivity index (χ1v) is 8.09. The number of carbonyl (C=O) groups is 2. The summed E-state index contributed by atoms with van der Waals surface area (Å²) < 4.78 is 5.99. The average Bonchev–Trinajstić information content (AvgIpc) is 3.19. The molecule has 1 aromatic heterocycles. The molecular formula is C15H13N4O3S-. The molecule has 7 nitrogen and oxygen atoms in total. The van der Waals surface area contributed by atoms with E-state index in [1.807, 2.05) is 6.07 Å². The van der Waals surface area contributed by atoms with Gasteiger partial charge in [0, 0.05) is 0 Å². The minimum atomic E-state index is -1.60. The molecule has 1 aromatic rings. The zero-order chi connectivity index (χ0) is 16.6. The van der Waals surface area contributed by atoms with Crippen LogP contribution in [-0.4, -0.2) is 28.6 Å². The number of nitriles is 1. The first-order chi connectivity index (χ1) is 10.8. The van der Waals surface area contributed by atoms with E-state index in [0.29, 0.717) is 22.7 Å². The Morgan fingerprint density at radius 3 is 2.74 bits per heavy atom.